The Kier molecular flexibility index (Phi) is 3.81. The third kappa shape index (κ3) is 3.57. The number of hydrogen-bond donors (Lipinski definition) is 3. The molecule has 0 bridgehead atoms. The molecule has 1 aliphatic rings. The van der Waals surface area contributed by atoms with Gasteiger partial charge < -0.3 is 16.4 Å². The zero-order valence-electron chi connectivity index (χ0n) is 12.1. The topological polar surface area (TPSA) is 84.2 Å². The van der Waals surface area contributed by atoms with E-state index in [9.17, 15) is 9.59 Å². The zero-order chi connectivity index (χ0) is 14.9. The molecule has 0 radical (unpaired) electrons. The van der Waals surface area contributed by atoms with Gasteiger partial charge in [-0.3, -0.25) is 9.59 Å². The number of benzene rings is 1. The minimum atomic E-state index is -0.303. The predicted octanol–water partition coefficient (Wildman–Crippen LogP) is 2.40. The number of amides is 2. The highest BCUT2D eigenvalue weighted by Gasteiger charge is 2.21. The molecule has 4 N–H and O–H groups in total. The van der Waals surface area contributed by atoms with Crippen LogP contribution in [0.1, 0.15) is 45.2 Å². The smallest absolute Gasteiger partial charge is 0.233 e. The summed E-state index contributed by atoms with van der Waals surface area (Å²) in [5.41, 5.74) is 8.53. The largest absolute Gasteiger partial charge is 0.324 e. The molecule has 5 nitrogen and oxygen atoms in total. The average Bonchev–Trinajstić information content (AvgIpc) is 2.42. The second-order valence-corrected chi connectivity index (χ2v) is 6.45. The molecule has 0 saturated heterocycles. The van der Waals surface area contributed by atoms with E-state index in [1.165, 1.54) is 0 Å². The maximum atomic E-state index is 11.6. The van der Waals surface area contributed by atoms with Crippen LogP contribution in [0.5, 0.6) is 0 Å². The molecule has 1 unspecified atom stereocenters. The number of anilines is 2. The Hall–Kier alpha value is -1.88. The third-order valence-electron chi connectivity index (χ3n) is 3.17. The van der Waals surface area contributed by atoms with Gasteiger partial charge in [0.25, 0.3) is 0 Å². The van der Waals surface area contributed by atoms with Crippen LogP contribution in [-0.2, 0) is 9.59 Å². The summed E-state index contributed by atoms with van der Waals surface area (Å²) in [5.74, 6) is -0.601. The molecule has 0 spiro atoms. The van der Waals surface area contributed by atoms with E-state index >= 15 is 0 Å². The molecule has 0 saturated carbocycles. The van der Waals surface area contributed by atoms with Gasteiger partial charge in [0.2, 0.25) is 11.8 Å². The van der Waals surface area contributed by atoms with Crippen molar-refractivity contribution < 1.29 is 9.59 Å². The van der Waals surface area contributed by atoms with Crippen molar-refractivity contribution in [1.29, 1.82) is 0 Å². The highest BCUT2D eigenvalue weighted by molar-refractivity contribution is 6.13. The number of carbonyl (C=O) groups is 2. The monoisotopic (exact) mass is 275 g/mol. The Morgan fingerprint density at radius 2 is 1.75 bits per heavy atom. The molecule has 1 atom stereocenters. The van der Waals surface area contributed by atoms with Crippen LogP contribution in [0.4, 0.5) is 11.4 Å². The second kappa shape index (κ2) is 5.25. The number of carbonyl (C=O) groups excluding carboxylic acids is 2. The number of fused-ring (bicyclic) bond motifs is 1. The first-order valence-corrected chi connectivity index (χ1v) is 6.74. The zero-order valence-corrected chi connectivity index (χ0v) is 12.1. The number of nitrogens with two attached hydrogens (primary N) is 1. The molecule has 1 aliphatic heterocycles. The van der Waals surface area contributed by atoms with E-state index in [2.05, 4.69) is 31.4 Å². The average molecular weight is 275 g/mol. The van der Waals surface area contributed by atoms with Gasteiger partial charge in [0.1, 0.15) is 6.42 Å². The van der Waals surface area contributed by atoms with Crippen molar-refractivity contribution >= 4 is 23.2 Å². The summed E-state index contributed by atoms with van der Waals surface area (Å²) < 4.78 is 0. The lowest BCUT2D eigenvalue weighted by Crippen LogP contribution is -2.19. The first-order chi connectivity index (χ1) is 9.24. The van der Waals surface area contributed by atoms with Crippen molar-refractivity contribution in [1.82, 2.24) is 0 Å². The lowest BCUT2D eigenvalue weighted by molar-refractivity contribution is -0.123. The Balaban J connectivity index is 2.27. The van der Waals surface area contributed by atoms with Gasteiger partial charge in [0.15, 0.2) is 0 Å². The molecule has 1 heterocycles. The van der Waals surface area contributed by atoms with Gasteiger partial charge in [0.05, 0.1) is 11.4 Å². The second-order valence-electron chi connectivity index (χ2n) is 6.45. The fraction of sp³-hybridized carbons (Fsp3) is 0.467. The van der Waals surface area contributed by atoms with Gasteiger partial charge in [-0.25, -0.2) is 0 Å². The van der Waals surface area contributed by atoms with Crippen LogP contribution < -0.4 is 16.4 Å². The molecule has 1 aromatic rings. The SMILES string of the molecule is CC(C)(C)CC(N)c1ccc2c(c1)NC(=O)CC(=O)N2. The van der Waals surface area contributed by atoms with Crippen LogP contribution in [0, 0.1) is 5.41 Å². The van der Waals surface area contributed by atoms with Gasteiger partial charge in [0, 0.05) is 6.04 Å². The number of rotatable bonds is 2. The van der Waals surface area contributed by atoms with Gasteiger partial charge >= 0.3 is 0 Å². The summed E-state index contributed by atoms with van der Waals surface area (Å²) in [6.07, 6.45) is 0.685. The molecule has 5 heteroatoms. The standard InChI is InChI=1S/C15H21N3O2/c1-15(2,3)8-10(16)9-4-5-11-12(6-9)18-14(20)7-13(19)17-11/h4-6,10H,7-8,16H2,1-3H3,(H,17,19)(H,18,20). The van der Waals surface area contributed by atoms with E-state index in [1.807, 2.05) is 12.1 Å². The molecular formula is C15H21N3O2. The van der Waals surface area contributed by atoms with Gasteiger partial charge in [-0.2, -0.15) is 0 Å². The molecule has 0 aliphatic carbocycles. The van der Waals surface area contributed by atoms with Crippen molar-refractivity contribution in [2.75, 3.05) is 10.6 Å². The summed E-state index contributed by atoms with van der Waals surface area (Å²) in [6.45, 7) is 6.41. The van der Waals surface area contributed by atoms with Crippen molar-refractivity contribution in [3.8, 4) is 0 Å². The number of nitrogens with one attached hydrogen (secondary N) is 2. The quantitative estimate of drug-likeness (QED) is 0.725. The maximum absolute atomic E-state index is 11.6. The summed E-state index contributed by atoms with van der Waals surface area (Å²) in [4.78, 5) is 23.0. The lowest BCUT2D eigenvalue weighted by atomic mass is 9.86. The minimum Gasteiger partial charge on any atom is -0.324 e. The highest BCUT2D eigenvalue weighted by atomic mass is 16.2. The highest BCUT2D eigenvalue weighted by Crippen LogP contribution is 2.32. The number of hydrogen-bond acceptors (Lipinski definition) is 3. The molecular weight excluding hydrogens is 254 g/mol. The summed E-state index contributed by atoms with van der Waals surface area (Å²) in [5, 5.41) is 5.44. The Morgan fingerprint density at radius 1 is 1.15 bits per heavy atom. The van der Waals surface area contributed by atoms with Crippen LogP contribution in [0.25, 0.3) is 0 Å². The van der Waals surface area contributed by atoms with E-state index in [0.717, 1.165) is 12.0 Å². The lowest BCUT2D eigenvalue weighted by Gasteiger charge is -2.24. The van der Waals surface area contributed by atoms with E-state index in [0.29, 0.717) is 11.4 Å². The third-order valence-corrected chi connectivity index (χ3v) is 3.17. The normalized spacial score (nSPS) is 16.8. The van der Waals surface area contributed by atoms with Crippen LogP contribution in [-0.4, -0.2) is 11.8 Å². The molecule has 20 heavy (non-hydrogen) atoms. The molecule has 108 valence electrons. The van der Waals surface area contributed by atoms with Crippen LogP contribution in [0.2, 0.25) is 0 Å². The maximum Gasteiger partial charge on any atom is 0.233 e. The van der Waals surface area contributed by atoms with E-state index in [-0.39, 0.29) is 29.7 Å². The molecule has 0 aromatic heterocycles. The molecule has 1 aromatic carbocycles. The Labute approximate surface area is 118 Å². The van der Waals surface area contributed by atoms with Crippen molar-refractivity contribution in [3.63, 3.8) is 0 Å². The van der Waals surface area contributed by atoms with Gasteiger partial charge in [-0.15, -0.1) is 0 Å². The van der Waals surface area contributed by atoms with Crippen LogP contribution in [0.3, 0.4) is 0 Å². The van der Waals surface area contributed by atoms with Crippen LogP contribution >= 0.6 is 0 Å². The molecule has 2 rings (SSSR count). The van der Waals surface area contributed by atoms with Gasteiger partial charge in [-0.05, 0) is 29.5 Å². The minimum absolute atomic E-state index is 0.101. The fourth-order valence-corrected chi connectivity index (χ4v) is 2.32. The molecule has 2 amide bonds. The summed E-state index contributed by atoms with van der Waals surface area (Å²) in [6, 6.07) is 5.43. The van der Waals surface area contributed by atoms with E-state index in [4.69, 9.17) is 5.73 Å². The van der Waals surface area contributed by atoms with Crippen molar-refractivity contribution in [2.24, 2.45) is 11.1 Å². The van der Waals surface area contributed by atoms with Crippen LogP contribution in [0.15, 0.2) is 18.2 Å². The van der Waals surface area contributed by atoms with Crippen molar-refractivity contribution in [2.45, 2.75) is 39.7 Å². The first-order valence-electron chi connectivity index (χ1n) is 6.74. The van der Waals surface area contributed by atoms with E-state index < -0.39 is 0 Å². The van der Waals surface area contributed by atoms with Crippen molar-refractivity contribution in [3.05, 3.63) is 23.8 Å². The van der Waals surface area contributed by atoms with E-state index in [1.54, 1.807) is 6.07 Å². The fourth-order valence-electron chi connectivity index (χ4n) is 2.32. The van der Waals surface area contributed by atoms with Gasteiger partial charge in [-0.1, -0.05) is 26.8 Å². The summed E-state index contributed by atoms with van der Waals surface area (Å²) in [7, 11) is 0. The Morgan fingerprint density at radius 3 is 2.35 bits per heavy atom. The Bertz CT molecular complexity index is 547. The molecule has 0 fully saturated rings. The first kappa shape index (κ1) is 14.5. The predicted molar refractivity (Wildman–Crippen MR) is 79.3 cm³/mol. The summed E-state index contributed by atoms with van der Waals surface area (Å²) >= 11 is 0.